The minimum absolute atomic E-state index is 0.154. The number of Topliss-reactive ketones (excluding diaryl/α,β-unsaturated/α-hetero) is 1. The van der Waals surface area contributed by atoms with Gasteiger partial charge in [0.05, 0.1) is 0 Å². The number of carbonyl (C=O) groups is 3. The van der Waals surface area contributed by atoms with Crippen LogP contribution in [-0.2, 0) is 19.1 Å². The van der Waals surface area contributed by atoms with Crippen LogP contribution in [0.3, 0.4) is 0 Å². The van der Waals surface area contributed by atoms with Crippen molar-refractivity contribution in [3.05, 3.63) is 11.6 Å². The van der Waals surface area contributed by atoms with Gasteiger partial charge in [0.2, 0.25) is 0 Å². The van der Waals surface area contributed by atoms with Crippen molar-refractivity contribution >= 4 is 17.5 Å². The fraction of sp³-hybridized carbons (Fsp3) is 0.773. The second-order valence-electron chi connectivity index (χ2n) is 9.40. The van der Waals surface area contributed by atoms with Gasteiger partial charge in [-0.25, -0.2) is 0 Å². The Bertz CT molecular complexity index is 692. The third-order valence-electron chi connectivity index (χ3n) is 8.39. The molecule has 4 aliphatic rings. The number of esters is 1. The highest BCUT2D eigenvalue weighted by atomic mass is 16.5. The summed E-state index contributed by atoms with van der Waals surface area (Å²) in [6, 6.07) is 0. The average Bonchev–Trinajstić information content (AvgIpc) is 2.88. The molecule has 0 amide bonds. The standard InChI is InChI=1S/C22H30O4/c1-13-10-16(24)11-15-4-5-17-18-6-7-20(25)21(18,3)9-8-19(17)22(13,15)12-26-14(2)23/h11,13,17-19H,4-10,12H2,1-3H3/t13-,17-,18-,19-,21-,22-/m0/s1. The van der Waals surface area contributed by atoms with E-state index in [1.165, 1.54) is 12.5 Å². The Morgan fingerprint density at radius 1 is 1.19 bits per heavy atom. The molecule has 6 atom stereocenters. The molecule has 3 saturated carbocycles. The smallest absolute Gasteiger partial charge is 0.302 e. The van der Waals surface area contributed by atoms with E-state index in [0.717, 1.165) is 38.5 Å². The summed E-state index contributed by atoms with van der Waals surface area (Å²) >= 11 is 0. The van der Waals surface area contributed by atoms with Crippen LogP contribution in [0.5, 0.6) is 0 Å². The van der Waals surface area contributed by atoms with Crippen molar-refractivity contribution < 1.29 is 19.1 Å². The summed E-state index contributed by atoms with van der Waals surface area (Å²) in [6.07, 6.45) is 8.02. The molecule has 3 fully saturated rings. The number of ether oxygens (including phenoxy) is 1. The molecule has 0 N–H and O–H groups in total. The SMILES string of the molecule is CC(=O)OC[C@@]12C(=CC(=O)C[C@@H]1C)CC[C@@H]1[C@@H]2CC[C@]2(C)C(=O)CC[C@@H]12. The zero-order valence-electron chi connectivity index (χ0n) is 16.2. The van der Waals surface area contributed by atoms with Gasteiger partial charge in [-0.15, -0.1) is 0 Å². The first-order valence-corrected chi connectivity index (χ1v) is 10.2. The summed E-state index contributed by atoms with van der Waals surface area (Å²) in [4.78, 5) is 36.4. The topological polar surface area (TPSA) is 60.4 Å². The second kappa shape index (κ2) is 6.03. The molecule has 0 spiro atoms. The third-order valence-corrected chi connectivity index (χ3v) is 8.39. The van der Waals surface area contributed by atoms with Crippen LogP contribution in [0.2, 0.25) is 0 Å². The number of hydrogen-bond acceptors (Lipinski definition) is 4. The lowest BCUT2D eigenvalue weighted by Crippen LogP contribution is -2.56. The second-order valence-corrected chi connectivity index (χ2v) is 9.40. The summed E-state index contributed by atoms with van der Waals surface area (Å²) in [6.45, 7) is 6.19. The van der Waals surface area contributed by atoms with Gasteiger partial charge >= 0.3 is 5.97 Å². The van der Waals surface area contributed by atoms with Crippen LogP contribution in [0.1, 0.15) is 65.7 Å². The average molecular weight is 358 g/mol. The first-order valence-electron chi connectivity index (χ1n) is 10.2. The van der Waals surface area contributed by atoms with E-state index in [1.807, 2.05) is 6.08 Å². The molecule has 0 aromatic heterocycles. The maximum absolute atomic E-state index is 12.6. The Labute approximate surface area is 155 Å². The van der Waals surface area contributed by atoms with Crippen molar-refractivity contribution in [2.75, 3.05) is 6.61 Å². The van der Waals surface area contributed by atoms with Crippen molar-refractivity contribution in [2.24, 2.45) is 34.5 Å². The van der Waals surface area contributed by atoms with E-state index >= 15 is 0 Å². The normalized spacial score (nSPS) is 44.7. The lowest BCUT2D eigenvalue weighted by atomic mass is 9.45. The lowest BCUT2D eigenvalue weighted by Gasteiger charge is -2.59. The Balaban J connectivity index is 1.75. The summed E-state index contributed by atoms with van der Waals surface area (Å²) in [5.41, 5.74) is 0.838. The molecule has 0 aromatic rings. The predicted octanol–water partition coefficient (Wildman–Crippen LogP) is 3.88. The maximum atomic E-state index is 12.6. The Morgan fingerprint density at radius 3 is 2.69 bits per heavy atom. The summed E-state index contributed by atoms with van der Waals surface area (Å²) in [5, 5.41) is 0. The third kappa shape index (κ3) is 2.36. The number of carbonyl (C=O) groups excluding carboxylic acids is 3. The molecule has 4 aliphatic carbocycles. The number of hydrogen-bond donors (Lipinski definition) is 0. The van der Waals surface area contributed by atoms with Gasteiger partial charge < -0.3 is 4.74 Å². The van der Waals surface area contributed by atoms with Crippen molar-refractivity contribution in [2.45, 2.75) is 65.7 Å². The van der Waals surface area contributed by atoms with Gasteiger partial charge in [0, 0.05) is 30.6 Å². The molecular formula is C22H30O4. The van der Waals surface area contributed by atoms with Crippen molar-refractivity contribution in [1.82, 2.24) is 0 Å². The van der Waals surface area contributed by atoms with E-state index in [-0.39, 0.29) is 28.5 Å². The quantitative estimate of drug-likeness (QED) is 0.703. The Kier molecular flexibility index (Phi) is 4.16. The molecule has 142 valence electrons. The van der Waals surface area contributed by atoms with Crippen LogP contribution in [0, 0.1) is 34.5 Å². The van der Waals surface area contributed by atoms with E-state index in [9.17, 15) is 14.4 Å². The summed E-state index contributed by atoms with van der Waals surface area (Å²) < 4.78 is 5.60. The van der Waals surface area contributed by atoms with Gasteiger partial charge in [0.25, 0.3) is 0 Å². The summed E-state index contributed by atoms with van der Waals surface area (Å²) in [7, 11) is 0. The number of rotatable bonds is 2. The number of ketones is 2. The first-order chi connectivity index (χ1) is 12.3. The Morgan fingerprint density at radius 2 is 1.96 bits per heavy atom. The van der Waals surface area contributed by atoms with Gasteiger partial charge in [0.1, 0.15) is 12.4 Å². The molecule has 0 aromatic carbocycles. The van der Waals surface area contributed by atoms with Crippen molar-refractivity contribution in [1.29, 1.82) is 0 Å². The molecule has 4 rings (SSSR count). The molecule has 0 unspecified atom stereocenters. The minimum atomic E-state index is -0.248. The van der Waals surface area contributed by atoms with E-state index in [4.69, 9.17) is 4.74 Å². The van der Waals surface area contributed by atoms with Gasteiger partial charge in [-0.1, -0.05) is 19.4 Å². The molecule has 26 heavy (non-hydrogen) atoms. The monoisotopic (exact) mass is 358 g/mol. The van der Waals surface area contributed by atoms with Crippen LogP contribution in [0.4, 0.5) is 0 Å². The molecule has 4 nitrogen and oxygen atoms in total. The first kappa shape index (κ1) is 17.9. The highest BCUT2D eigenvalue weighted by Gasteiger charge is 2.62. The zero-order chi connectivity index (χ0) is 18.7. The molecule has 0 aliphatic heterocycles. The largest absolute Gasteiger partial charge is 0.465 e. The van der Waals surface area contributed by atoms with E-state index in [0.29, 0.717) is 36.6 Å². The van der Waals surface area contributed by atoms with Crippen LogP contribution >= 0.6 is 0 Å². The molecule has 4 heteroatoms. The Hall–Kier alpha value is -1.45. The van der Waals surface area contributed by atoms with Gasteiger partial charge in [-0.3, -0.25) is 14.4 Å². The van der Waals surface area contributed by atoms with Crippen molar-refractivity contribution in [3.8, 4) is 0 Å². The highest BCUT2D eigenvalue weighted by Crippen LogP contribution is 2.65. The predicted molar refractivity (Wildman–Crippen MR) is 97.2 cm³/mol. The van der Waals surface area contributed by atoms with Gasteiger partial charge in [-0.05, 0) is 61.9 Å². The molecule has 0 heterocycles. The van der Waals surface area contributed by atoms with E-state index in [1.54, 1.807) is 0 Å². The zero-order valence-corrected chi connectivity index (χ0v) is 16.2. The molecule has 0 bridgehead atoms. The minimum Gasteiger partial charge on any atom is -0.465 e. The molecule has 0 saturated heterocycles. The maximum Gasteiger partial charge on any atom is 0.302 e. The van der Waals surface area contributed by atoms with Crippen LogP contribution in [0.25, 0.3) is 0 Å². The lowest BCUT2D eigenvalue weighted by molar-refractivity contribution is -0.153. The molecule has 0 radical (unpaired) electrons. The van der Waals surface area contributed by atoms with Gasteiger partial charge in [-0.2, -0.15) is 0 Å². The highest BCUT2D eigenvalue weighted by molar-refractivity contribution is 5.92. The van der Waals surface area contributed by atoms with E-state index < -0.39 is 0 Å². The van der Waals surface area contributed by atoms with Crippen LogP contribution in [0.15, 0.2) is 11.6 Å². The fourth-order valence-electron chi connectivity index (χ4n) is 7.08. The van der Waals surface area contributed by atoms with Gasteiger partial charge in [0.15, 0.2) is 5.78 Å². The van der Waals surface area contributed by atoms with Crippen LogP contribution < -0.4 is 0 Å². The number of fused-ring (bicyclic) bond motifs is 5. The summed E-state index contributed by atoms with van der Waals surface area (Å²) in [5.74, 6) is 1.96. The van der Waals surface area contributed by atoms with Crippen molar-refractivity contribution in [3.63, 3.8) is 0 Å². The fourth-order valence-corrected chi connectivity index (χ4v) is 7.08. The molecular weight excluding hydrogens is 328 g/mol. The van der Waals surface area contributed by atoms with Crippen LogP contribution in [-0.4, -0.2) is 24.1 Å². The van der Waals surface area contributed by atoms with E-state index in [2.05, 4.69) is 13.8 Å².